The largest absolute Gasteiger partial charge is 0.484 e. The third-order valence-electron chi connectivity index (χ3n) is 6.70. The lowest BCUT2D eigenvalue weighted by atomic mass is 10.2. The number of aryl methyl sites for hydroxylation is 2. The summed E-state index contributed by atoms with van der Waals surface area (Å²) in [5.41, 5.74) is 4.51. The maximum absolute atomic E-state index is 13.3. The van der Waals surface area contributed by atoms with Crippen LogP contribution in [-0.4, -0.2) is 33.0 Å². The molecule has 3 aromatic carbocycles. The van der Waals surface area contributed by atoms with Gasteiger partial charge in [-0.15, -0.1) is 0 Å². The molecule has 0 bridgehead atoms. The van der Waals surface area contributed by atoms with Crippen molar-refractivity contribution < 1.29 is 13.9 Å². The highest BCUT2D eigenvalue weighted by atomic mass is 79.9. The molecule has 0 spiro atoms. The molecule has 0 saturated carbocycles. The van der Waals surface area contributed by atoms with Gasteiger partial charge in [-0.2, -0.15) is 9.78 Å². The Kier molecular flexibility index (Phi) is 8.63. The van der Waals surface area contributed by atoms with Crippen molar-refractivity contribution in [2.45, 2.75) is 33.6 Å². The third kappa shape index (κ3) is 6.33. The Morgan fingerprint density at radius 1 is 1.10 bits per heavy atom. The van der Waals surface area contributed by atoms with Crippen LogP contribution in [-0.2, 0) is 11.2 Å². The molecule has 42 heavy (non-hydrogen) atoms. The number of nitrogens with zero attached hydrogens (tertiary/aromatic N) is 4. The predicted octanol–water partition coefficient (Wildman–Crippen LogP) is 6.56. The maximum atomic E-state index is 13.3. The minimum Gasteiger partial charge on any atom is -0.484 e. The van der Waals surface area contributed by atoms with Crippen LogP contribution < -0.4 is 15.6 Å². The van der Waals surface area contributed by atoms with Gasteiger partial charge in [-0.25, -0.2) is 9.37 Å². The number of anilines is 1. The fourth-order valence-corrected chi connectivity index (χ4v) is 5.10. The van der Waals surface area contributed by atoms with Crippen LogP contribution in [0.4, 0.5) is 10.1 Å². The average molecular weight is 631 g/mol. The summed E-state index contributed by atoms with van der Waals surface area (Å²) >= 11 is 3.44. The second-order valence-corrected chi connectivity index (χ2v) is 10.7. The fourth-order valence-electron chi connectivity index (χ4n) is 4.74. The number of carbonyl (C=O) groups excluding carboxylic acids is 1. The molecular formula is C32H29BrFN5O3. The molecule has 0 aliphatic rings. The highest BCUT2D eigenvalue weighted by Gasteiger charge is 2.13. The lowest BCUT2D eigenvalue weighted by Crippen LogP contribution is -2.22. The molecule has 5 aromatic rings. The molecule has 0 unspecified atom stereocenters. The van der Waals surface area contributed by atoms with Crippen LogP contribution in [0.25, 0.3) is 16.6 Å². The summed E-state index contributed by atoms with van der Waals surface area (Å²) in [6, 6.07) is 20.5. The summed E-state index contributed by atoms with van der Waals surface area (Å²) in [5, 5.41) is 7.69. The zero-order valence-corrected chi connectivity index (χ0v) is 25.0. The number of nitrogens with one attached hydrogen (secondary N) is 1. The number of rotatable bonds is 9. The van der Waals surface area contributed by atoms with E-state index in [2.05, 4.69) is 30.9 Å². The second kappa shape index (κ2) is 12.5. The van der Waals surface area contributed by atoms with E-state index in [1.807, 2.05) is 51.1 Å². The first kappa shape index (κ1) is 28.9. The first-order valence-corrected chi connectivity index (χ1v) is 14.3. The summed E-state index contributed by atoms with van der Waals surface area (Å²) in [7, 11) is 0. The SMILES string of the molecule is CCCc1nc2ccc(Br)cc2c(=O)n1N=Cc1cc(C)n(-c2ccc(OCC(=O)Nc3cccc(F)c3)cc2)c1C. The first-order chi connectivity index (χ1) is 20.2. The van der Waals surface area contributed by atoms with E-state index in [9.17, 15) is 14.0 Å². The molecule has 5 rings (SSSR count). The molecule has 2 aromatic heterocycles. The van der Waals surface area contributed by atoms with E-state index in [1.54, 1.807) is 30.5 Å². The molecule has 0 radical (unpaired) electrons. The van der Waals surface area contributed by atoms with Gasteiger partial charge in [0.2, 0.25) is 0 Å². The second-order valence-electron chi connectivity index (χ2n) is 9.80. The van der Waals surface area contributed by atoms with Crippen molar-refractivity contribution in [1.29, 1.82) is 0 Å². The summed E-state index contributed by atoms with van der Waals surface area (Å²) in [5.74, 6) is 0.322. The Balaban J connectivity index is 1.34. The number of carbonyl (C=O) groups is 1. The van der Waals surface area contributed by atoms with Gasteiger partial charge in [0.05, 0.1) is 17.1 Å². The number of halogens is 2. The van der Waals surface area contributed by atoms with E-state index in [0.29, 0.717) is 34.6 Å². The van der Waals surface area contributed by atoms with Crippen molar-refractivity contribution in [3.05, 3.63) is 116 Å². The molecule has 8 nitrogen and oxygen atoms in total. The normalized spacial score (nSPS) is 11.4. The Labute approximate surface area is 250 Å². The van der Waals surface area contributed by atoms with Gasteiger partial charge in [0, 0.05) is 39.2 Å². The highest BCUT2D eigenvalue weighted by molar-refractivity contribution is 9.10. The summed E-state index contributed by atoms with van der Waals surface area (Å²) in [6.07, 6.45) is 3.15. The smallest absolute Gasteiger partial charge is 0.282 e. The van der Waals surface area contributed by atoms with Crippen LogP contribution in [0.15, 0.2) is 87.2 Å². The molecule has 0 saturated heterocycles. The minimum atomic E-state index is -0.427. The Bertz CT molecular complexity index is 1860. The topological polar surface area (TPSA) is 90.5 Å². The molecule has 0 aliphatic carbocycles. The predicted molar refractivity (Wildman–Crippen MR) is 166 cm³/mol. The lowest BCUT2D eigenvalue weighted by molar-refractivity contribution is -0.118. The van der Waals surface area contributed by atoms with E-state index < -0.39 is 5.82 Å². The Hall–Kier alpha value is -4.57. The molecule has 10 heteroatoms. The molecule has 2 heterocycles. The van der Waals surface area contributed by atoms with Crippen molar-refractivity contribution in [1.82, 2.24) is 14.2 Å². The van der Waals surface area contributed by atoms with Gasteiger partial charge < -0.3 is 14.6 Å². The average Bonchev–Trinajstić information content (AvgIpc) is 3.25. The van der Waals surface area contributed by atoms with Gasteiger partial charge >= 0.3 is 0 Å². The van der Waals surface area contributed by atoms with Crippen molar-refractivity contribution in [2.24, 2.45) is 5.10 Å². The van der Waals surface area contributed by atoms with Crippen LogP contribution in [0.1, 0.15) is 36.1 Å². The standard InChI is InChI=1S/C32H29BrFN5O3/c1-4-6-30-37-29-14-9-23(33)16-28(29)32(41)39(30)35-18-22-15-20(2)38(21(22)3)26-10-12-27(13-11-26)42-19-31(40)36-25-8-5-7-24(34)17-25/h5,7-18H,4,6,19H2,1-3H3,(H,36,40). The minimum absolute atomic E-state index is 0.210. The van der Waals surface area contributed by atoms with Gasteiger partial charge in [0.25, 0.3) is 11.5 Å². The number of aromatic nitrogens is 3. The van der Waals surface area contributed by atoms with Gasteiger partial charge in [-0.3, -0.25) is 9.59 Å². The number of fused-ring (bicyclic) bond motifs is 1. The number of hydrogen-bond donors (Lipinski definition) is 1. The molecule has 0 fully saturated rings. The summed E-state index contributed by atoms with van der Waals surface area (Å²) < 4.78 is 23.2. The van der Waals surface area contributed by atoms with Crippen molar-refractivity contribution in [3.63, 3.8) is 0 Å². The number of ether oxygens (including phenoxy) is 1. The quantitative estimate of drug-likeness (QED) is 0.187. The molecular weight excluding hydrogens is 601 g/mol. The highest BCUT2D eigenvalue weighted by Crippen LogP contribution is 2.23. The molecule has 1 amide bonds. The lowest BCUT2D eigenvalue weighted by Gasteiger charge is -2.12. The summed E-state index contributed by atoms with van der Waals surface area (Å²) in [6.45, 7) is 5.81. The van der Waals surface area contributed by atoms with Gasteiger partial charge in [0.15, 0.2) is 6.61 Å². The number of benzene rings is 3. The number of hydrogen-bond acceptors (Lipinski definition) is 5. The van der Waals surface area contributed by atoms with Crippen LogP contribution >= 0.6 is 15.9 Å². The Morgan fingerprint density at radius 3 is 2.62 bits per heavy atom. The van der Waals surface area contributed by atoms with Crippen LogP contribution in [0, 0.1) is 19.7 Å². The zero-order chi connectivity index (χ0) is 29.8. The van der Waals surface area contributed by atoms with E-state index in [-0.39, 0.29) is 18.1 Å². The van der Waals surface area contributed by atoms with Crippen LogP contribution in [0.2, 0.25) is 0 Å². The van der Waals surface area contributed by atoms with E-state index in [1.165, 1.54) is 22.9 Å². The van der Waals surface area contributed by atoms with Crippen molar-refractivity contribution in [2.75, 3.05) is 11.9 Å². The van der Waals surface area contributed by atoms with Gasteiger partial charge in [0.1, 0.15) is 17.4 Å². The third-order valence-corrected chi connectivity index (χ3v) is 7.20. The maximum Gasteiger partial charge on any atom is 0.282 e. The molecule has 0 atom stereocenters. The van der Waals surface area contributed by atoms with E-state index in [4.69, 9.17) is 9.72 Å². The zero-order valence-electron chi connectivity index (χ0n) is 23.4. The first-order valence-electron chi connectivity index (χ1n) is 13.5. The van der Waals surface area contributed by atoms with Gasteiger partial charge in [-0.05, 0) is 87.0 Å². The monoisotopic (exact) mass is 629 g/mol. The van der Waals surface area contributed by atoms with Crippen LogP contribution in [0.3, 0.4) is 0 Å². The summed E-state index contributed by atoms with van der Waals surface area (Å²) in [4.78, 5) is 30.2. The molecule has 214 valence electrons. The molecule has 1 N–H and O–H groups in total. The Morgan fingerprint density at radius 2 is 1.88 bits per heavy atom. The molecule has 0 aliphatic heterocycles. The van der Waals surface area contributed by atoms with Crippen molar-refractivity contribution in [3.8, 4) is 11.4 Å². The fraction of sp³-hybridized carbons (Fsp3) is 0.188. The van der Waals surface area contributed by atoms with Crippen LogP contribution in [0.5, 0.6) is 5.75 Å². The van der Waals surface area contributed by atoms with E-state index in [0.717, 1.165) is 33.5 Å². The van der Waals surface area contributed by atoms with Crippen molar-refractivity contribution >= 4 is 44.6 Å². The van der Waals surface area contributed by atoms with Gasteiger partial charge in [-0.1, -0.05) is 28.9 Å². The number of amides is 1. The van der Waals surface area contributed by atoms with E-state index >= 15 is 0 Å².